The third-order valence-electron chi connectivity index (χ3n) is 4.21. The van der Waals surface area contributed by atoms with Gasteiger partial charge in [0.2, 0.25) is 0 Å². The van der Waals surface area contributed by atoms with E-state index in [1.165, 1.54) is 0 Å². The second kappa shape index (κ2) is 5.64. The number of rotatable bonds is 4. The first-order chi connectivity index (χ1) is 10.8. The van der Waals surface area contributed by atoms with Crippen LogP contribution in [0.5, 0.6) is 0 Å². The molecule has 4 rings (SSSR count). The maximum atomic E-state index is 6.25. The van der Waals surface area contributed by atoms with Gasteiger partial charge in [-0.1, -0.05) is 18.5 Å². The van der Waals surface area contributed by atoms with Gasteiger partial charge in [-0.05, 0) is 6.42 Å². The molecule has 1 atom stereocenters. The summed E-state index contributed by atoms with van der Waals surface area (Å²) >= 11 is 7.85. The summed E-state index contributed by atoms with van der Waals surface area (Å²) in [5.74, 6) is 2.18. The van der Waals surface area contributed by atoms with E-state index in [4.69, 9.17) is 11.6 Å². The number of thiazole rings is 1. The van der Waals surface area contributed by atoms with Crippen molar-refractivity contribution >= 4 is 27.9 Å². The molecule has 1 aliphatic rings. The Bertz CT molecular complexity index is 790. The molecule has 1 N–H and O–H groups in total. The Morgan fingerprint density at radius 1 is 1.45 bits per heavy atom. The molecule has 1 aliphatic heterocycles. The van der Waals surface area contributed by atoms with E-state index in [0.717, 1.165) is 54.7 Å². The van der Waals surface area contributed by atoms with Crippen molar-refractivity contribution in [1.29, 1.82) is 0 Å². The predicted molar refractivity (Wildman–Crippen MR) is 86.4 cm³/mol. The van der Waals surface area contributed by atoms with Crippen molar-refractivity contribution in [3.63, 3.8) is 0 Å². The molecule has 0 bridgehead atoms. The zero-order valence-corrected chi connectivity index (χ0v) is 13.9. The van der Waals surface area contributed by atoms with Gasteiger partial charge in [-0.15, -0.1) is 21.5 Å². The normalized spacial score (nSPS) is 18.0. The summed E-state index contributed by atoms with van der Waals surface area (Å²) in [6.07, 6.45) is 4.98. The van der Waals surface area contributed by atoms with Crippen molar-refractivity contribution in [3.05, 3.63) is 34.1 Å². The van der Waals surface area contributed by atoms with Crippen molar-refractivity contribution in [2.24, 2.45) is 0 Å². The van der Waals surface area contributed by atoms with Crippen molar-refractivity contribution in [3.8, 4) is 0 Å². The fourth-order valence-corrected chi connectivity index (χ4v) is 4.04. The quantitative estimate of drug-likeness (QED) is 0.794. The Hall–Kier alpha value is -1.44. The van der Waals surface area contributed by atoms with Gasteiger partial charge in [0, 0.05) is 43.5 Å². The van der Waals surface area contributed by atoms with Crippen LogP contribution in [0.15, 0.2) is 11.6 Å². The average molecular weight is 337 g/mol. The van der Waals surface area contributed by atoms with Gasteiger partial charge in [0.25, 0.3) is 0 Å². The van der Waals surface area contributed by atoms with Gasteiger partial charge in [-0.25, -0.2) is 4.98 Å². The molecular formula is C14H17ClN6S. The van der Waals surface area contributed by atoms with Gasteiger partial charge in [0.15, 0.2) is 10.1 Å². The third kappa shape index (κ3) is 2.33. The van der Waals surface area contributed by atoms with Gasteiger partial charge in [-0.3, -0.25) is 4.40 Å². The summed E-state index contributed by atoms with van der Waals surface area (Å²) in [5, 5.41) is 14.8. The summed E-state index contributed by atoms with van der Waals surface area (Å²) < 4.78 is 4.31. The van der Waals surface area contributed by atoms with Gasteiger partial charge < -0.3 is 9.88 Å². The highest BCUT2D eigenvalue weighted by Crippen LogP contribution is 2.22. The number of halogens is 1. The third-order valence-corrected chi connectivity index (χ3v) is 5.27. The van der Waals surface area contributed by atoms with Crippen molar-refractivity contribution in [1.82, 2.24) is 29.5 Å². The minimum Gasteiger partial charge on any atom is -0.313 e. The molecule has 22 heavy (non-hydrogen) atoms. The Labute approximate surface area is 137 Å². The number of nitrogens with one attached hydrogen (secondary N) is 1. The smallest absolute Gasteiger partial charge is 0.195 e. The van der Waals surface area contributed by atoms with E-state index < -0.39 is 0 Å². The topological polar surface area (TPSA) is 60.0 Å². The van der Waals surface area contributed by atoms with Crippen molar-refractivity contribution < 1.29 is 0 Å². The molecule has 0 unspecified atom stereocenters. The van der Waals surface area contributed by atoms with Crippen LogP contribution in [-0.4, -0.2) is 30.2 Å². The highest BCUT2D eigenvalue weighted by Gasteiger charge is 2.22. The van der Waals surface area contributed by atoms with E-state index in [9.17, 15) is 0 Å². The number of hydrogen-bond acceptors (Lipinski definition) is 5. The maximum absolute atomic E-state index is 6.25. The van der Waals surface area contributed by atoms with Crippen LogP contribution in [0.1, 0.15) is 30.7 Å². The number of aryl methyl sites for hydroxylation is 2. The Kier molecular flexibility index (Phi) is 3.63. The average Bonchev–Trinajstić information content (AvgIpc) is 3.19. The first-order valence-corrected chi connectivity index (χ1v) is 8.76. The van der Waals surface area contributed by atoms with Crippen LogP contribution in [0.2, 0.25) is 5.15 Å². The predicted octanol–water partition coefficient (Wildman–Crippen LogP) is 2.31. The molecule has 8 heteroatoms. The van der Waals surface area contributed by atoms with Gasteiger partial charge in [-0.2, -0.15) is 0 Å². The van der Waals surface area contributed by atoms with Crippen LogP contribution in [0, 0.1) is 0 Å². The van der Waals surface area contributed by atoms with Crippen LogP contribution in [-0.2, 0) is 25.9 Å². The highest BCUT2D eigenvalue weighted by molar-refractivity contribution is 7.15. The van der Waals surface area contributed by atoms with Crippen LogP contribution in [0.3, 0.4) is 0 Å². The molecule has 0 spiro atoms. The second-order valence-electron chi connectivity index (χ2n) is 5.52. The first-order valence-electron chi connectivity index (χ1n) is 7.50. The van der Waals surface area contributed by atoms with Crippen LogP contribution < -0.4 is 5.32 Å². The second-order valence-corrected chi connectivity index (χ2v) is 6.75. The molecule has 0 aliphatic carbocycles. The van der Waals surface area contributed by atoms with Gasteiger partial charge in [0.05, 0.1) is 5.69 Å². The van der Waals surface area contributed by atoms with E-state index in [0.29, 0.717) is 11.2 Å². The Morgan fingerprint density at radius 2 is 2.36 bits per heavy atom. The standard InChI is InChI=1S/C14H17ClN6S/c1-2-11-18-19-12-4-3-9(8-21(11)12)16-7-10-13(15)17-14-20(10)5-6-22-14/h5-6,9,16H,2-4,7-8H2,1H3/t9-/m1/s1. The summed E-state index contributed by atoms with van der Waals surface area (Å²) in [7, 11) is 0. The van der Waals surface area contributed by atoms with E-state index in [2.05, 4.69) is 36.4 Å². The zero-order valence-electron chi connectivity index (χ0n) is 12.3. The SMILES string of the molecule is CCc1nnc2n1C[C@H](NCc1c(Cl)nc3sccn13)CC2. The van der Waals surface area contributed by atoms with Crippen LogP contribution in [0.25, 0.3) is 4.96 Å². The van der Waals surface area contributed by atoms with Crippen LogP contribution >= 0.6 is 22.9 Å². The van der Waals surface area contributed by atoms with E-state index in [-0.39, 0.29) is 0 Å². The van der Waals surface area contributed by atoms with E-state index in [1.54, 1.807) is 11.3 Å². The van der Waals surface area contributed by atoms with Crippen LogP contribution in [0.4, 0.5) is 0 Å². The lowest BCUT2D eigenvalue weighted by atomic mass is 10.1. The minimum absolute atomic E-state index is 0.411. The molecule has 3 aromatic heterocycles. The number of fused-ring (bicyclic) bond motifs is 2. The molecule has 0 amide bonds. The lowest BCUT2D eigenvalue weighted by Gasteiger charge is -2.25. The molecule has 4 heterocycles. The summed E-state index contributed by atoms with van der Waals surface area (Å²) in [6, 6.07) is 0.411. The molecule has 116 valence electrons. The minimum atomic E-state index is 0.411. The van der Waals surface area contributed by atoms with E-state index >= 15 is 0 Å². The number of hydrogen-bond donors (Lipinski definition) is 1. The summed E-state index contributed by atoms with van der Waals surface area (Å²) in [6.45, 7) is 3.77. The molecule has 0 radical (unpaired) electrons. The van der Waals surface area contributed by atoms with Crippen molar-refractivity contribution in [2.45, 2.75) is 45.3 Å². The Balaban J connectivity index is 1.48. The fourth-order valence-electron chi connectivity index (χ4n) is 3.02. The zero-order chi connectivity index (χ0) is 15.1. The molecule has 6 nitrogen and oxygen atoms in total. The highest BCUT2D eigenvalue weighted by atomic mass is 35.5. The molecule has 0 aromatic carbocycles. The summed E-state index contributed by atoms with van der Waals surface area (Å²) in [5.41, 5.74) is 1.03. The van der Waals surface area contributed by atoms with E-state index in [1.807, 2.05) is 11.6 Å². The monoisotopic (exact) mass is 336 g/mol. The van der Waals surface area contributed by atoms with Crippen molar-refractivity contribution in [2.75, 3.05) is 0 Å². The maximum Gasteiger partial charge on any atom is 0.195 e. The largest absolute Gasteiger partial charge is 0.313 e. The number of imidazole rings is 1. The molecule has 0 fully saturated rings. The molecule has 3 aromatic rings. The molecular weight excluding hydrogens is 320 g/mol. The molecule has 0 saturated carbocycles. The first kappa shape index (κ1) is 14.2. The lowest BCUT2D eigenvalue weighted by Crippen LogP contribution is -2.37. The number of nitrogens with zero attached hydrogens (tertiary/aromatic N) is 5. The van der Waals surface area contributed by atoms with Gasteiger partial charge in [0.1, 0.15) is 11.6 Å². The molecule has 0 saturated heterocycles. The Morgan fingerprint density at radius 3 is 3.23 bits per heavy atom. The lowest BCUT2D eigenvalue weighted by molar-refractivity contribution is 0.372. The summed E-state index contributed by atoms with van der Waals surface area (Å²) in [4.78, 5) is 5.32. The number of aromatic nitrogens is 5. The fraction of sp³-hybridized carbons (Fsp3) is 0.500. The van der Waals surface area contributed by atoms with Gasteiger partial charge >= 0.3 is 0 Å².